The lowest BCUT2D eigenvalue weighted by molar-refractivity contribution is 0.0954. The second-order valence-electron chi connectivity index (χ2n) is 3.94. The number of nitrogen functional groups attached to an aromatic ring is 1. The summed E-state index contributed by atoms with van der Waals surface area (Å²) in [7, 11) is 2.98. The van der Waals surface area contributed by atoms with Crippen LogP contribution in [-0.2, 0) is 0 Å². The Bertz CT molecular complexity index is 629. The molecule has 3 N–H and O–H groups in total. The zero-order chi connectivity index (χ0) is 14.5. The lowest BCUT2D eigenvalue weighted by Gasteiger charge is -2.12. The first-order valence-corrected chi connectivity index (χ1v) is 5.94. The molecule has 1 aromatic heterocycles. The van der Waals surface area contributed by atoms with E-state index in [4.69, 9.17) is 15.2 Å². The minimum Gasteiger partial charge on any atom is -0.491 e. The fourth-order valence-electron chi connectivity index (χ4n) is 1.69. The lowest BCUT2D eigenvalue weighted by Crippen LogP contribution is -2.20. The van der Waals surface area contributed by atoms with Gasteiger partial charge in [-0.1, -0.05) is 6.07 Å². The van der Waals surface area contributed by atoms with E-state index in [-0.39, 0.29) is 17.4 Å². The fourth-order valence-corrected chi connectivity index (χ4v) is 1.69. The summed E-state index contributed by atoms with van der Waals surface area (Å²) in [5.41, 5.74) is 6.44. The molecule has 2 rings (SSSR count). The predicted octanol–water partition coefficient (Wildman–Crippen LogP) is 1.82. The molecule has 1 heterocycles. The Balaban J connectivity index is 2.39. The number of nitrogens with one attached hydrogen (secondary N) is 1. The van der Waals surface area contributed by atoms with E-state index in [1.54, 1.807) is 30.3 Å². The van der Waals surface area contributed by atoms with Crippen LogP contribution in [0, 0.1) is 0 Å². The average Bonchev–Trinajstić information content (AvgIpc) is 2.46. The quantitative estimate of drug-likeness (QED) is 0.830. The van der Waals surface area contributed by atoms with Crippen molar-refractivity contribution < 1.29 is 14.3 Å². The molecular formula is C14H15N3O3. The Labute approximate surface area is 116 Å². The molecule has 1 amide bonds. The zero-order valence-electron chi connectivity index (χ0n) is 11.2. The molecule has 0 atom stereocenters. The Morgan fingerprint density at radius 2 is 2.15 bits per heavy atom. The van der Waals surface area contributed by atoms with E-state index in [0.717, 1.165) is 0 Å². The molecule has 0 fully saturated rings. The molecule has 0 saturated carbocycles. The highest BCUT2D eigenvalue weighted by Gasteiger charge is 2.17. The molecule has 6 nitrogen and oxygen atoms in total. The summed E-state index contributed by atoms with van der Waals surface area (Å²) in [5, 5.41) is 2.50. The molecule has 104 valence electrons. The van der Waals surface area contributed by atoms with Gasteiger partial charge in [-0.3, -0.25) is 4.79 Å². The smallest absolute Gasteiger partial charge is 0.273 e. The van der Waals surface area contributed by atoms with Crippen LogP contribution in [-0.4, -0.2) is 25.0 Å². The Morgan fingerprint density at radius 3 is 2.80 bits per heavy atom. The fraction of sp³-hybridized carbons (Fsp3) is 0.143. The van der Waals surface area contributed by atoms with E-state index in [1.807, 2.05) is 0 Å². The summed E-state index contributed by atoms with van der Waals surface area (Å²) in [6, 6.07) is 8.59. The normalized spacial score (nSPS) is 9.90. The molecule has 0 aliphatic rings. The minimum absolute atomic E-state index is 0.163. The molecular weight excluding hydrogens is 258 g/mol. The van der Waals surface area contributed by atoms with Gasteiger partial charge in [-0.25, -0.2) is 4.98 Å². The first-order valence-electron chi connectivity index (χ1n) is 5.94. The molecule has 0 bridgehead atoms. The topological polar surface area (TPSA) is 86.5 Å². The van der Waals surface area contributed by atoms with Gasteiger partial charge in [-0.15, -0.1) is 0 Å². The third-order valence-corrected chi connectivity index (χ3v) is 2.60. The van der Waals surface area contributed by atoms with Gasteiger partial charge in [-0.05, 0) is 12.1 Å². The van der Waals surface area contributed by atoms with E-state index in [2.05, 4.69) is 10.3 Å². The first-order chi connectivity index (χ1) is 9.65. The van der Waals surface area contributed by atoms with Crippen LogP contribution in [0.15, 0.2) is 36.5 Å². The van der Waals surface area contributed by atoms with Gasteiger partial charge in [0.25, 0.3) is 5.91 Å². The third kappa shape index (κ3) is 2.80. The summed E-state index contributed by atoms with van der Waals surface area (Å²) in [6.07, 6.45) is 1.48. The van der Waals surface area contributed by atoms with Crippen molar-refractivity contribution in [3.05, 3.63) is 42.2 Å². The summed E-state index contributed by atoms with van der Waals surface area (Å²) in [5.74, 6) is 0.873. The van der Waals surface area contributed by atoms with Crippen molar-refractivity contribution in [1.29, 1.82) is 0 Å². The van der Waals surface area contributed by atoms with Crippen molar-refractivity contribution >= 4 is 11.6 Å². The average molecular weight is 273 g/mol. The third-order valence-electron chi connectivity index (χ3n) is 2.60. The van der Waals surface area contributed by atoms with Gasteiger partial charge in [-0.2, -0.15) is 0 Å². The molecule has 0 aliphatic carbocycles. The summed E-state index contributed by atoms with van der Waals surface area (Å²) < 4.78 is 10.9. The number of benzene rings is 1. The molecule has 0 saturated heterocycles. The predicted molar refractivity (Wildman–Crippen MR) is 75.1 cm³/mol. The monoisotopic (exact) mass is 273 g/mol. The number of methoxy groups -OCH3 is 1. The molecule has 0 spiro atoms. The summed E-state index contributed by atoms with van der Waals surface area (Å²) in [6.45, 7) is 0. The molecule has 2 aromatic rings. The number of hydrogen-bond donors (Lipinski definition) is 2. The first kappa shape index (κ1) is 13.7. The highest BCUT2D eigenvalue weighted by molar-refractivity contribution is 5.95. The number of nitrogens with two attached hydrogens (primary N) is 1. The Morgan fingerprint density at radius 1 is 1.35 bits per heavy atom. The van der Waals surface area contributed by atoms with Crippen LogP contribution in [0.1, 0.15) is 10.5 Å². The second-order valence-corrected chi connectivity index (χ2v) is 3.94. The lowest BCUT2D eigenvalue weighted by atomic mass is 10.2. The highest BCUT2D eigenvalue weighted by atomic mass is 16.5. The molecule has 0 unspecified atom stereocenters. The number of nitrogens with zero attached hydrogens (tertiary/aromatic N) is 1. The van der Waals surface area contributed by atoms with Crippen molar-refractivity contribution in [3.8, 4) is 17.2 Å². The zero-order valence-corrected chi connectivity index (χ0v) is 11.2. The van der Waals surface area contributed by atoms with Crippen LogP contribution >= 0.6 is 0 Å². The highest BCUT2D eigenvalue weighted by Crippen LogP contribution is 2.33. The Kier molecular flexibility index (Phi) is 4.05. The van der Waals surface area contributed by atoms with E-state index in [9.17, 15) is 4.79 Å². The van der Waals surface area contributed by atoms with Crippen LogP contribution in [0.2, 0.25) is 0 Å². The molecule has 0 aliphatic heterocycles. The maximum Gasteiger partial charge on any atom is 0.273 e. The number of pyridine rings is 1. The van der Waals surface area contributed by atoms with Gasteiger partial charge >= 0.3 is 0 Å². The number of amides is 1. The van der Waals surface area contributed by atoms with Crippen molar-refractivity contribution in [2.75, 3.05) is 19.9 Å². The Hall–Kier alpha value is -2.76. The molecule has 6 heteroatoms. The van der Waals surface area contributed by atoms with Crippen LogP contribution in [0.4, 0.5) is 5.69 Å². The van der Waals surface area contributed by atoms with Gasteiger partial charge in [0, 0.05) is 31.1 Å². The maximum absolute atomic E-state index is 11.7. The number of carbonyl (C=O) groups is 1. The second kappa shape index (κ2) is 5.92. The number of rotatable bonds is 4. The van der Waals surface area contributed by atoms with Crippen LogP contribution in [0.3, 0.4) is 0 Å². The number of hydrogen-bond acceptors (Lipinski definition) is 5. The van der Waals surface area contributed by atoms with Crippen molar-refractivity contribution in [2.24, 2.45) is 0 Å². The SMILES string of the molecule is CNC(=O)c1nccc(Oc2cccc(N)c2)c1OC. The number of carbonyl (C=O) groups excluding carboxylic acids is 1. The van der Waals surface area contributed by atoms with Crippen molar-refractivity contribution in [3.63, 3.8) is 0 Å². The maximum atomic E-state index is 11.7. The van der Waals surface area contributed by atoms with E-state index in [0.29, 0.717) is 17.2 Å². The number of aromatic nitrogens is 1. The molecule has 1 aromatic carbocycles. The summed E-state index contributed by atoms with van der Waals surface area (Å²) in [4.78, 5) is 15.7. The molecule has 0 radical (unpaired) electrons. The van der Waals surface area contributed by atoms with Crippen LogP contribution in [0.5, 0.6) is 17.2 Å². The molecule has 20 heavy (non-hydrogen) atoms. The van der Waals surface area contributed by atoms with Crippen LogP contribution in [0.25, 0.3) is 0 Å². The van der Waals surface area contributed by atoms with E-state index < -0.39 is 0 Å². The van der Waals surface area contributed by atoms with Crippen molar-refractivity contribution in [1.82, 2.24) is 10.3 Å². The standard InChI is InChI=1S/C14H15N3O3/c1-16-14(18)12-13(19-2)11(6-7-17-12)20-10-5-3-4-9(15)8-10/h3-8H,15H2,1-2H3,(H,16,18). The van der Waals surface area contributed by atoms with E-state index in [1.165, 1.54) is 20.4 Å². The number of anilines is 1. The largest absolute Gasteiger partial charge is 0.491 e. The van der Waals surface area contributed by atoms with Gasteiger partial charge in [0.2, 0.25) is 0 Å². The van der Waals surface area contributed by atoms with Gasteiger partial charge in [0.1, 0.15) is 5.75 Å². The summed E-state index contributed by atoms with van der Waals surface area (Å²) >= 11 is 0. The van der Waals surface area contributed by atoms with E-state index >= 15 is 0 Å². The van der Waals surface area contributed by atoms with Gasteiger partial charge in [0.15, 0.2) is 17.2 Å². The number of ether oxygens (including phenoxy) is 2. The van der Waals surface area contributed by atoms with Crippen LogP contribution < -0.4 is 20.5 Å². The minimum atomic E-state index is -0.347. The van der Waals surface area contributed by atoms with Gasteiger partial charge in [0.05, 0.1) is 7.11 Å². The van der Waals surface area contributed by atoms with Crippen molar-refractivity contribution in [2.45, 2.75) is 0 Å². The van der Waals surface area contributed by atoms with Gasteiger partial charge < -0.3 is 20.5 Å².